The van der Waals surface area contributed by atoms with Gasteiger partial charge in [-0.25, -0.2) is 0 Å². The molecule has 0 bridgehead atoms. The highest BCUT2D eigenvalue weighted by atomic mass is 32.1. The number of hydrogen-bond donors (Lipinski definition) is 1. The van der Waals surface area contributed by atoms with E-state index in [-0.39, 0.29) is 10.6 Å². The summed E-state index contributed by atoms with van der Waals surface area (Å²) in [4.78, 5) is 15.4. The number of nitro benzene ring substituents is 1. The SMILES string of the molecule is Cc1cc(NCc2cncs2)cc([N+](=O)[O-])c1. The summed E-state index contributed by atoms with van der Waals surface area (Å²) in [5.41, 5.74) is 3.49. The highest BCUT2D eigenvalue weighted by Gasteiger charge is 2.07. The first-order valence-corrected chi connectivity index (χ1v) is 5.90. The van der Waals surface area contributed by atoms with Gasteiger partial charge in [0.1, 0.15) is 0 Å². The Balaban J connectivity index is 2.13. The van der Waals surface area contributed by atoms with Crippen LogP contribution in [0.5, 0.6) is 0 Å². The molecule has 0 atom stereocenters. The summed E-state index contributed by atoms with van der Waals surface area (Å²) in [6.07, 6.45) is 1.78. The number of nitrogens with one attached hydrogen (secondary N) is 1. The molecular weight excluding hydrogens is 238 g/mol. The van der Waals surface area contributed by atoms with Crippen molar-refractivity contribution in [3.05, 3.63) is 50.5 Å². The van der Waals surface area contributed by atoms with Crippen molar-refractivity contribution in [1.82, 2.24) is 4.98 Å². The van der Waals surface area contributed by atoms with Crippen LogP contribution in [0.2, 0.25) is 0 Å². The van der Waals surface area contributed by atoms with Crippen molar-refractivity contribution in [2.24, 2.45) is 0 Å². The Morgan fingerprint density at radius 3 is 2.94 bits per heavy atom. The number of non-ortho nitro benzene ring substituents is 1. The Hall–Kier alpha value is -1.95. The monoisotopic (exact) mass is 249 g/mol. The lowest BCUT2D eigenvalue weighted by atomic mass is 10.2. The van der Waals surface area contributed by atoms with Crippen LogP contribution in [0.1, 0.15) is 10.4 Å². The normalized spacial score (nSPS) is 10.2. The molecule has 6 heteroatoms. The second kappa shape index (κ2) is 4.92. The number of nitrogens with zero attached hydrogens (tertiary/aromatic N) is 2. The molecule has 88 valence electrons. The van der Waals surface area contributed by atoms with E-state index in [0.29, 0.717) is 6.54 Å². The molecule has 0 unspecified atom stereocenters. The molecule has 0 amide bonds. The second-order valence-corrected chi connectivity index (χ2v) is 4.61. The minimum Gasteiger partial charge on any atom is -0.380 e. The summed E-state index contributed by atoms with van der Waals surface area (Å²) >= 11 is 1.55. The number of thiazole rings is 1. The minimum absolute atomic E-state index is 0.108. The van der Waals surface area contributed by atoms with E-state index in [1.54, 1.807) is 29.1 Å². The number of benzene rings is 1. The van der Waals surface area contributed by atoms with Gasteiger partial charge in [-0.2, -0.15) is 0 Å². The topological polar surface area (TPSA) is 68.1 Å². The fourth-order valence-corrected chi connectivity index (χ4v) is 2.02. The highest BCUT2D eigenvalue weighted by Crippen LogP contribution is 2.21. The summed E-state index contributed by atoms with van der Waals surface area (Å²) in [6, 6.07) is 4.97. The molecule has 0 spiro atoms. The average molecular weight is 249 g/mol. The van der Waals surface area contributed by atoms with Gasteiger partial charge in [0, 0.05) is 28.9 Å². The van der Waals surface area contributed by atoms with E-state index < -0.39 is 0 Å². The Labute approximate surface area is 102 Å². The highest BCUT2D eigenvalue weighted by molar-refractivity contribution is 7.09. The summed E-state index contributed by atoms with van der Waals surface area (Å²) < 4.78 is 0. The van der Waals surface area contributed by atoms with E-state index in [1.807, 2.05) is 13.0 Å². The molecule has 17 heavy (non-hydrogen) atoms. The van der Waals surface area contributed by atoms with E-state index in [1.165, 1.54) is 6.07 Å². The van der Waals surface area contributed by atoms with Gasteiger partial charge in [0.05, 0.1) is 17.0 Å². The van der Waals surface area contributed by atoms with Crippen LogP contribution in [0, 0.1) is 17.0 Å². The maximum Gasteiger partial charge on any atom is 0.271 e. The van der Waals surface area contributed by atoms with Crippen molar-refractivity contribution in [3.8, 4) is 0 Å². The summed E-state index contributed by atoms with van der Waals surface area (Å²) in [6.45, 7) is 2.47. The number of aryl methyl sites for hydroxylation is 1. The minimum atomic E-state index is -0.384. The summed E-state index contributed by atoms with van der Waals surface area (Å²) in [5.74, 6) is 0. The molecule has 0 aliphatic carbocycles. The van der Waals surface area contributed by atoms with Gasteiger partial charge in [-0.05, 0) is 18.6 Å². The van der Waals surface area contributed by atoms with Gasteiger partial charge in [0.25, 0.3) is 5.69 Å². The fraction of sp³-hybridized carbons (Fsp3) is 0.182. The van der Waals surface area contributed by atoms with Crippen molar-refractivity contribution in [1.29, 1.82) is 0 Å². The third-order valence-electron chi connectivity index (χ3n) is 2.22. The van der Waals surface area contributed by atoms with Crippen molar-refractivity contribution < 1.29 is 4.92 Å². The number of aromatic nitrogens is 1. The number of rotatable bonds is 4. The number of hydrogen-bond acceptors (Lipinski definition) is 5. The van der Waals surface area contributed by atoms with E-state index in [0.717, 1.165) is 16.1 Å². The Bertz CT molecular complexity index is 526. The van der Waals surface area contributed by atoms with Gasteiger partial charge >= 0.3 is 0 Å². The maximum atomic E-state index is 10.7. The Morgan fingerprint density at radius 1 is 1.47 bits per heavy atom. The lowest BCUT2D eigenvalue weighted by Gasteiger charge is -2.05. The first-order valence-electron chi connectivity index (χ1n) is 5.02. The van der Waals surface area contributed by atoms with Gasteiger partial charge in [0.15, 0.2) is 0 Å². The van der Waals surface area contributed by atoms with Crippen LogP contribution in [0.4, 0.5) is 11.4 Å². The molecule has 0 radical (unpaired) electrons. The fourth-order valence-electron chi connectivity index (χ4n) is 1.49. The second-order valence-electron chi connectivity index (χ2n) is 3.64. The van der Waals surface area contributed by atoms with Crippen molar-refractivity contribution in [2.75, 3.05) is 5.32 Å². The lowest BCUT2D eigenvalue weighted by Crippen LogP contribution is -1.99. The van der Waals surface area contributed by atoms with Crippen molar-refractivity contribution in [3.63, 3.8) is 0 Å². The van der Waals surface area contributed by atoms with Crippen molar-refractivity contribution >= 4 is 22.7 Å². The zero-order chi connectivity index (χ0) is 12.3. The quantitative estimate of drug-likeness (QED) is 0.668. The van der Waals surface area contributed by atoms with E-state index in [2.05, 4.69) is 10.3 Å². The zero-order valence-corrected chi connectivity index (χ0v) is 10.0. The van der Waals surface area contributed by atoms with Crippen LogP contribution < -0.4 is 5.32 Å². The third-order valence-corrected chi connectivity index (χ3v) is 3.00. The molecule has 1 aromatic heterocycles. The number of anilines is 1. The smallest absolute Gasteiger partial charge is 0.271 e. The molecule has 0 aliphatic heterocycles. The zero-order valence-electron chi connectivity index (χ0n) is 9.21. The first kappa shape index (κ1) is 11.5. The van der Waals surface area contributed by atoms with Crippen LogP contribution in [-0.4, -0.2) is 9.91 Å². The third kappa shape index (κ3) is 3.01. The molecule has 0 fully saturated rings. The Kier molecular flexibility index (Phi) is 3.34. The number of nitro groups is 1. The molecule has 1 aromatic carbocycles. The molecule has 1 heterocycles. The van der Waals surface area contributed by atoms with Crippen molar-refractivity contribution in [2.45, 2.75) is 13.5 Å². The van der Waals surface area contributed by atoms with Crippen LogP contribution in [0.15, 0.2) is 29.9 Å². The van der Waals surface area contributed by atoms with E-state index >= 15 is 0 Å². The lowest BCUT2D eigenvalue weighted by molar-refractivity contribution is -0.384. The summed E-state index contributed by atoms with van der Waals surface area (Å²) in [7, 11) is 0. The predicted octanol–water partition coefficient (Wildman–Crippen LogP) is 2.97. The Morgan fingerprint density at radius 2 is 2.29 bits per heavy atom. The molecule has 2 rings (SSSR count). The summed E-state index contributed by atoms with van der Waals surface area (Å²) in [5, 5.41) is 13.9. The van der Waals surface area contributed by atoms with Gasteiger partial charge in [-0.15, -0.1) is 11.3 Å². The molecule has 1 N–H and O–H groups in total. The van der Waals surface area contributed by atoms with Crippen LogP contribution >= 0.6 is 11.3 Å². The molecule has 2 aromatic rings. The molecular formula is C11H11N3O2S. The first-order chi connectivity index (χ1) is 8.15. The van der Waals surface area contributed by atoms with E-state index in [9.17, 15) is 10.1 Å². The van der Waals surface area contributed by atoms with Gasteiger partial charge in [0.2, 0.25) is 0 Å². The molecule has 0 saturated carbocycles. The molecule has 5 nitrogen and oxygen atoms in total. The van der Waals surface area contributed by atoms with Gasteiger partial charge in [-0.1, -0.05) is 0 Å². The molecule has 0 saturated heterocycles. The van der Waals surface area contributed by atoms with Crippen LogP contribution in [-0.2, 0) is 6.54 Å². The van der Waals surface area contributed by atoms with Crippen LogP contribution in [0.3, 0.4) is 0 Å². The van der Waals surface area contributed by atoms with Gasteiger partial charge in [-0.3, -0.25) is 15.1 Å². The maximum absolute atomic E-state index is 10.7. The standard InChI is InChI=1S/C11H11N3O2S/c1-8-2-9(4-10(3-8)14(15)16)13-6-11-5-12-7-17-11/h2-5,7,13H,6H2,1H3. The van der Waals surface area contributed by atoms with Crippen LogP contribution in [0.25, 0.3) is 0 Å². The van der Waals surface area contributed by atoms with Gasteiger partial charge < -0.3 is 5.32 Å². The molecule has 0 aliphatic rings. The van der Waals surface area contributed by atoms with E-state index in [4.69, 9.17) is 0 Å². The largest absolute Gasteiger partial charge is 0.380 e. The predicted molar refractivity (Wildman–Crippen MR) is 67.3 cm³/mol. The average Bonchev–Trinajstić information content (AvgIpc) is 2.78.